The Bertz CT molecular complexity index is 786. The monoisotopic (exact) mass is 301 g/mol. The van der Waals surface area contributed by atoms with Crippen molar-refractivity contribution in [3.8, 4) is 0 Å². The summed E-state index contributed by atoms with van der Waals surface area (Å²) in [5, 5.41) is 11.3. The molecule has 1 amide bonds. The van der Waals surface area contributed by atoms with Crippen LogP contribution in [0.2, 0.25) is 5.02 Å². The Labute approximate surface area is 125 Å². The highest BCUT2D eigenvalue weighted by molar-refractivity contribution is 6.33. The lowest BCUT2D eigenvalue weighted by molar-refractivity contribution is 0.0953. The molecule has 6 nitrogen and oxygen atoms in total. The number of fused-ring (bicyclic) bond motifs is 1. The third kappa shape index (κ3) is 2.85. The van der Waals surface area contributed by atoms with E-state index < -0.39 is 0 Å². The number of rotatable bonds is 4. The summed E-state index contributed by atoms with van der Waals surface area (Å²) in [7, 11) is 0. The van der Waals surface area contributed by atoms with Gasteiger partial charge in [-0.2, -0.15) is 0 Å². The van der Waals surface area contributed by atoms with Gasteiger partial charge in [-0.25, -0.2) is 0 Å². The number of nitrogens with one attached hydrogen (secondary N) is 1. The van der Waals surface area contributed by atoms with Crippen LogP contribution in [0.5, 0.6) is 0 Å². The normalized spacial score (nSPS) is 10.7. The average Bonchev–Trinajstić information content (AvgIpc) is 2.91. The first-order chi connectivity index (χ1) is 10.3. The maximum Gasteiger partial charge on any atom is 0.254 e. The van der Waals surface area contributed by atoms with Crippen molar-refractivity contribution in [2.45, 2.75) is 6.42 Å². The van der Waals surface area contributed by atoms with Gasteiger partial charge in [0.15, 0.2) is 5.65 Å². The van der Waals surface area contributed by atoms with Crippen LogP contribution in [0.25, 0.3) is 5.65 Å². The highest BCUT2D eigenvalue weighted by Crippen LogP contribution is 2.12. The van der Waals surface area contributed by atoms with Crippen molar-refractivity contribution < 1.29 is 4.79 Å². The fourth-order valence-electron chi connectivity index (χ4n) is 1.99. The molecule has 0 radical (unpaired) electrons. The lowest BCUT2D eigenvalue weighted by atomic mass is 10.2. The van der Waals surface area contributed by atoms with E-state index in [2.05, 4.69) is 20.5 Å². The van der Waals surface area contributed by atoms with Crippen molar-refractivity contribution >= 4 is 23.2 Å². The fraction of sp³-hybridized carbons (Fsp3) is 0.143. The van der Waals surface area contributed by atoms with Crippen LogP contribution in [0.4, 0.5) is 0 Å². The van der Waals surface area contributed by atoms with Crippen LogP contribution in [0.3, 0.4) is 0 Å². The molecule has 0 aliphatic rings. The number of halogens is 1. The number of hydrogen-bond acceptors (Lipinski definition) is 4. The van der Waals surface area contributed by atoms with E-state index in [1.54, 1.807) is 12.3 Å². The van der Waals surface area contributed by atoms with Gasteiger partial charge >= 0.3 is 0 Å². The van der Waals surface area contributed by atoms with Crippen molar-refractivity contribution in [1.29, 1.82) is 0 Å². The standard InChI is InChI=1S/C14H12ClN5O/c15-11-4-6-16-9-10(11)14(21)17-7-5-13-19-18-12-3-1-2-8-20(12)13/h1-4,6,8-9H,5,7H2,(H,17,21). The predicted molar refractivity (Wildman–Crippen MR) is 78.3 cm³/mol. The Balaban J connectivity index is 1.64. The molecule has 3 aromatic rings. The number of amides is 1. The molecule has 3 aromatic heterocycles. The zero-order chi connectivity index (χ0) is 14.7. The second-order valence-electron chi connectivity index (χ2n) is 4.41. The van der Waals surface area contributed by atoms with Crippen molar-refractivity contribution in [1.82, 2.24) is 24.9 Å². The molecule has 1 N–H and O–H groups in total. The van der Waals surface area contributed by atoms with Gasteiger partial charge < -0.3 is 5.32 Å². The Morgan fingerprint density at radius 3 is 3.05 bits per heavy atom. The van der Waals surface area contributed by atoms with E-state index in [0.29, 0.717) is 23.6 Å². The largest absolute Gasteiger partial charge is 0.351 e. The van der Waals surface area contributed by atoms with E-state index in [-0.39, 0.29) is 5.91 Å². The van der Waals surface area contributed by atoms with Gasteiger partial charge in [-0.1, -0.05) is 17.7 Å². The molecule has 21 heavy (non-hydrogen) atoms. The topological polar surface area (TPSA) is 72.2 Å². The van der Waals surface area contributed by atoms with Gasteiger partial charge in [-0.15, -0.1) is 10.2 Å². The summed E-state index contributed by atoms with van der Waals surface area (Å²) in [6.45, 7) is 0.444. The molecule has 0 atom stereocenters. The fourth-order valence-corrected chi connectivity index (χ4v) is 2.18. The van der Waals surface area contributed by atoms with Crippen LogP contribution in [0.15, 0.2) is 42.9 Å². The Morgan fingerprint density at radius 2 is 2.19 bits per heavy atom. The first-order valence-corrected chi connectivity index (χ1v) is 6.80. The summed E-state index contributed by atoms with van der Waals surface area (Å²) in [5.74, 6) is 0.546. The molecule has 0 spiro atoms. The highest BCUT2D eigenvalue weighted by atomic mass is 35.5. The van der Waals surface area contributed by atoms with E-state index >= 15 is 0 Å². The number of carbonyl (C=O) groups excluding carboxylic acids is 1. The molecule has 0 aliphatic carbocycles. The predicted octanol–water partition coefficient (Wildman–Crippen LogP) is 1.75. The third-order valence-electron chi connectivity index (χ3n) is 3.03. The third-order valence-corrected chi connectivity index (χ3v) is 3.36. The minimum absolute atomic E-state index is 0.248. The van der Waals surface area contributed by atoms with Gasteiger partial charge in [0.05, 0.1) is 10.6 Å². The van der Waals surface area contributed by atoms with Gasteiger partial charge in [-0.05, 0) is 18.2 Å². The van der Waals surface area contributed by atoms with Crippen LogP contribution in [0, 0.1) is 0 Å². The molecule has 0 saturated carbocycles. The van der Waals surface area contributed by atoms with E-state index in [1.165, 1.54) is 6.20 Å². The number of carbonyl (C=O) groups is 1. The number of pyridine rings is 2. The molecular weight excluding hydrogens is 290 g/mol. The summed E-state index contributed by atoms with van der Waals surface area (Å²) in [6, 6.07) is 7.28. The molecule has 0 fully saturated rings. The number of aromatic nitrogens is 4. The smallest absolute Gasteiger partial charge is 0.254 e. The second kappa shape index (κ2) is 5.88. The van der Waals surface area contributed by atoms with Crippen molar-refractivity contribution in [3.05, 3.63) is 59.3 Å². The minimum atomic E-state index is -0.248. The van der Waals surface area contributed by atoms with E-state index in [0.717, 1.165) is 11.5 Å². The molecule has 106 valence electrons. The molecule has 0 unspecified atom stereocenters. The summed E-state index contributed by atoms with van der Waals surface area (Å²) >= 11 is 5.95. The molecule has 0 bridgehead atoms. The number of hydrogen-bond donors (Lipinski definition) is 1. The van der Waals surface area contributed by atoms with Gasteiger partial charge in [0, 0.05) is 31.6 Å². The molecule has 0 aromatic carbocycles. The molecule has 3 heterocycles. The van der Waals surface area contributed by atoms with Crippen molar-refractivity contribution in [2.24, 2.45) is 0 Å². The van der Waals surface area contributed by atoms with Gasteiger partial charge in [-0.3, -0.25) is 14.2 Å². The summed E-state index contributed by atoms with van der Waals surface area (Å²) in [4.78, 5) is 15.9. The first-order valence-electron chi connectivity index (χ1n) is 6.42. The van der Waals surface area contributed by atoms with Crippen LogP contribution in [-0.4, -0.2) is 32.0 Å². The van der Waals surface area contributed by atoms with Crippen LogP contribution >= 0.6 is 11.6 Å². The zero-order valence-electron chi connectivity index (χ0n) is 11.0. The zero-order valence-corrected chi connectivity index (χ0v) is 11.8. The van der Waals surface area contributed by atoms with E-state index in [4.69, 9.17) is 11.6 Å². The molecule has 7 heteroatoms. The lowest BCUT2D eigenvalue weighted by Crippen LogP contribution is -2.26. The summed E-state index contributed by atoms with van der Waals surface area (Å²) in [6.07, 6.45) is 5.46. The van der Waals surface area contributed by atoms with Crippen LogP contribution in [-0.2, 0) is 6.42 Å². The molecule has 3 rings (SSSR count). The quantitative estimate of drug-likeness (QED) is 0.797. The molecule has 0 saturated heterocycles. The maximum absolute atomic E-state index is 12.0. The van der Waals surface area contributed by atoms with Crippen molar-refractivity contribution in [3.63, 3.8) is 0 Å². The van der Waals surface area contributed by atoms with Gasteiger partial charge in [0.25, 0.3) is 5.91 Å². The summed E-state index contributed by atoms with van der Waals surface area (Å²) < 4.78 is 1.89. The Morgan fingerprint density at radius 1 is 1.29 bits per heavy atom. The number of nitrogens with zero attached hydrogens (tertiary/aromatic N) is 4. The average molecular weight is 302 g/mol. The first kappa shape index (κ1) is 13.5. The lowest BCUT2D eigenvalue weighted by Gasteiger charge is -2.05. The molecule has 0 aliphatic heterocycles. The highest BCUT2D eigenvalue weighted by Gasteiger charge is 2.10. The van der Waals surface area contributed by atoms with Gasteiger partial charge in [0.2, 0.25) is 0 Å². The van der Waals surface area contributed by atoms with Crippen molar-refractivity contribution in [2.75, 3.05) is 6.54 Å². The maximum atomic E-state index is 12.0. The minimum Gasteiger partial charge on any atom is -0.351 e. The van der Waals surface area contributed by atoms with Crippen LogP contribution < -0.4 is 5.32 Å². The Kier molecular flexibility index (Phi) is 3.79. The van der Waals surface area contributed by atoms with Crippen LogP contribution in [0.1, 0.15) is 16.2 Å². The van der Waals surface area contributed by atoms with E-state index in [9.17, 15) is 4.79 Å². The van der Waals surface area contributed by atoms with E-state index in [1.807, 2.05) is 28.8 Å². The second-order valence-corrected chi connectivity index (χ2v) is 4.81. The van der Waals surface area contributed by atoms with Gasteiger partial charge in [0.1, 0.15) is 5.82 Å². The Hall–Kier alpha value is -2.47. The summed E-state index contributed by atoms with van der Waals surface area (Å²) in [5.41, 5.74) is 1.15. The SMILES string of the molecule is O=C(NCCc1nnc2ccccn12)c1cnccc1Cl. The molecular formula is C14H12ClN5O.